The molecule has 0 saturated heterocycles. The van der Waals surface area contributed by atoms with Crippen molar-refractivity contribution < 1.29 is 0 Å². The third-order valence-electron chi connectivity index (χ3n) is 3.02. The number of thiocarbonyl (C=S) groups is 1. The fraction of sp³-hybridized carbons (Fsp3) is 0.294. The highest BCUT2D eigenvalue weighted by atomic mass is 32.2. The summed E-state index contributed by atoms with van der Waals surface area (Å²) in [4.78, 5) is 4.23. The molecule has 1 heterocycles. The van der Waals surface area contributed by atoms with Crippen molar-refractivity contribution in [2.24, 2.45) is 0 Å². The second-order valence-corrected chi connectivity index (χ2v) is 6.50. The highest BCUT2D eigenvalue weighted by molar-refractivity contribution is 7.98. The lowest BCUT2D eigenvalue weighted by Gasteiger charge is -2.10. The van der Waals surface area contributed by atoms with E-state index in [0.717, 1.165) is 35.9 Å². The van der Waals surface area contributed by atoms with E-state index in [2.05, 4.69) is 45.9 Å². The van der Waals surface area contributed by atoms with Crippen LogP contribution in [0.5, 0.6) is 0 Å². The van der Waals surface area contributed by atoms with Crippen molar-refractivity contribution in [3.63, 3.8) is 0 Å². The number of anilines is 1. The fourth-order valence-electron chi connectivity index (χ4n) is 1.91. The predicted octanol–water partition coefficient (Wildman–Crippen LogP) is 4.00. The summed E-state index contributed by atoms with van der Waals surface area (Å²) in [7, 11) is 0. The molecule has 2 rings (SSSR count). The lowest BCUT2D eigenvalue weighted by atomic mass is 10.2. The molecule has 0 atom stereocenters. The molecule has 0 amide bonds. The van der Waals surface area contributed by atoms with E-state index in [1.54, 1.807) is 6.20 Å². The molecule has 116 valence electrons. The molecule has 1 aromatic carbocycles. The fourth-order valence-corrected chi connectivity index (χ4v) is 3.03. The Morgan fingerprint density at radius 3 is 2.82 bits per heavy atom. The van der Waals surface area contributed by atoms with Gasteiger partial charge in [0, 0.05) is 18.5 Å². The molecule has 0 spiro atoms. The molecule has 0 unspecified atom stereocenters. The first-order valence-corrected chi connectivity index (χ1v) is 8.89. The summed E-state index contributed by atoms with van der Waals surface area (Å²) in [5.74, 6) is 2.97. The van der Waals surface area contributed by atoms with E-state index < -0.39 is 0 Å². The first-order valence-electron chi connectivity index (χ1n) is 7.33. The molecule has 0 aliphatic heterocycles. The van der Waals surface area contributed by atoms with Crippen LogP contribution in [-0.2, 0) is 5.75 Å². The van der Waals surface area contributed by atoms with E-state index in [1.807, 2.05) is 30.8 Å². The van der Waals surface area contributed by atoms with Gasteiger partial charge >= 0.3 is 0 Å². The van der Waals surface area contributed by atoms with Crippen molar-refractivity contribution in [3.8, 4) is 0 Å². The van der Waals surface area contributed by atoms with Crippen LogP contribution in [0.4, 0.5) is 5.82 Å². The van der Waals surface area contributed by atoms with E-state index in [1.165, 1.54) is 5.56 Å². The summed E-state index contributed by atoms with van der Waals surface area (Å²) >= 11 is 7.21. The lowest BCUT2D eigenvalue weighted by Crippen LogP contribution is -2.29. The summed E-state index contributed by atoms with van der Waals surface area (Å²) in [6, 6.07) is 14.5. The average molecular weight is 332 g/mol. The molecule has 0 aliphatic rings. The average Bonchev–Trinajstić information content (AvgIpc) is 2.52. The Morgan fingerprint density at radius 2 is 2.05 bits per heavy atom. The highest BCUT2D eigenvalue weighted by Crippen LogP contribution is 2.12. The van der Waals surface area contributed by atoms with Gasteiger partial charge in [0.15, 0.2) is 5.11 Å². The maximum atomic E-state index is 5.26. The molecule has 0 aliphatic carbocycles. The third kappa shape index (κ3) is 6.45. The number of nitrogens with one attached hydrogen (secondary N) is 2. The number of pyridine rings is 1. The van der Waals surface area contributed by atoms with Crippen molar-refractivity contribution in [2.75, 3.05) is 17.6 Å². The molecule has 3 nitrogen and oxygen atoms in total. The molecule has 0 fully saturated rings. The Hall–Kier alpha value is -1.59. The number of rotatable bonds is 7. The first-order chi connectivity index (χ1) is 10.7. The van der Waals surface area contributed by atoms with Gasteiger partial charge in [0.2, 0.25) is 0 Å². The van der Waals surface area contributed by atoms with Crippen LogP contribution in [0.25, 0.3) is 0 Å². The van der Waals surface area contributed by atoms with Crippen LogP contribution in [0, 0.1) is 6.92 Å². The van der Waals surface area contributed by atoms with E-state index in [4.69, 9.17) is 12.2 Å². The Morgan fingerprint density at radius 1 is 1.23 bits per heavy atom. The molecule has 22 heavy (non-hydrogen) atoms. The monoisotopic (exact) mass is 331 g/mol. The van der Waals surface area contributed by atoms with Gasteiger partial charge in [0.05, 0.1) is 0 Å². The van der Waals surface area contributed by atoms with Crippen LogP contribution in [0.15, 0.2) is 48.7 Å². The number of benzene rings is 1. The van der Waals surface area contributed by atoms with Gasteiger partial charge in [-0.25, -0.2) is 4.98 Å². The predicted molar refractivity (Wildman–Crippen MR) is 100 cm³/mol. The highest BCUT2D eigenvalue weighted by Gasteiger charge is 1.99. The molecular formula is C17H21N3S2. The standard InChI is InChI=1S/C17H21N3S2/c1-14-8-10-18-16(12-14)20-17(21)19-9-5-11-22-13-15-6-3-2-4-7-15/h2-4,6-8,10,12H,5,9,11,13H2,1H3,(H2,18,19,20,21). The van der Waals surface area contributed by atoms with Gasteiger partial charge in [0.1, 0.15) is 5.82 Å². The van der Waals surface area contributed by atoms with Gasteiger partial charge in [-0.3, -0.25) is 0 Å². The summed E-state index contributed by atoms with van der Waals surface area (Å²) in [6.07, 6.45) is 2.86. The van der Waals surface area contributed by atoms with Crippen LogP contribution in [-0.4, -0.2) is 22.4 Å². The zero-order valence-electron chi connectivity index (χ0n) is 12.7. The summed E-state index contributed by atoms with van der Waals surface area (Å²) < 4.78 is 0. The Bertz CT molecular complexity index is 587. The van der Waals surface area contributed by atoms with E-state index in [-0.39, 0.29) is 0 Å². The first kappa shape index (κ1) is 16.8. The van der Waals surface area contributed by atoms with E-state index in [0.29, 0.717) is 5.11 Å². The second kappa shape index (κ2) is 9.43. The quantitative estimate of drug-likeness (QED) is 0.592. The van der Waals surface area contributed by atoms with Crippen molar-refractivity contribution in [3.05, 3.63) is 59.8 Å². The zero-order valence-corrected chi connectivity index (χ0v) is 14.3. The summed E-state index contributed by atoms with van der Waals surface area (Å²) in [5, 5.41) is 6.95. The van der Waals surface area contributed by atoms with Crippen LogP contribution in [0.3, 0.4) is 0 Å². The molecule has 2 N–H and O–H groups in total. The van der Waals surface area contributed by atoms with Crippen LogP contribution < -0.4 is 10.6 Å². The smallest absolute Gasteiger partial charge is 0.171 e. The second-order valence-electron chi connectivity index (χ2n) is 4.99. The van der Waals surface area contributed by atoms with E-state index >= 15 is 0 Å². The third-order valence-corrected chi connectivity index (χ3v) is 4.38. The zero-order chi connectivity index (χ0) is 15.6. The number of aryl methyl sites for hydroxylation is 1. The van der Waals surface area contributed by atoms with E-state index in [9.17, 15) is 0 Å². The number of thioether (sulfide) groups is 1. The van der Waals surface area contributed by atoms with Crippen molar-refractivity contribution in [1.82, 2.24) is 10.3 Å². The van der Waals surface area contributed by atoms with Gasteiger partial charge < -0.3 is 10.6 Å². The van der Waals surface area contributed by atoms with Crippen LogP contribution >= 0.6 is 24.0 Å². The molecule has 0 bridgehead atoms. The van der Waals surface area contributed by atoms with Crippen LogP contribution in [0.2, 0.25) is 0 Å². The molecule has 1 aromatic heterocycles. The van der Waals surface area contributed by atoms with Gasteiger partial charge in [-0.15, -0.1) is 0 Å². The number of hydrogen-bond acceptors (Lipinski definition) is 3. The molecular weight excluding hydrogens is 310 g/mol. The van der Waals surface area contributed by atoms with Crippen LogP contribution in [0.1, 0.15) is 17.5 Å². The van der Waals surface area contributed by atoms with Crippen molar-refractivity contribution >= 4 is 34.9 Å². The number of nitrogens with zero attached hydrogens (tertiary/aromatic N) is 1. The number of hydrogen-bond donors (Lipinski definition) is 2. The van der Waals surface area contributed by atoms with Gasteiger partial charge in [-0.1, -0.05) is 30.3 Å². The SMILES string of the molecule is Cc1ccnc(NC(=S)NCCCSCc2ccccc2)c1. The van der Waals surface area contributed by atoms with Crippen molar-refractivity contribution in [2.45, 2.75) is 19.1 Å². The van der Waals surface area contributed by atoms with Gasteiger partial charge in [0.25, 0.3) is 0 Å². The Balaban J connectivity index is 1.56. The Labute approximate surface area is 141 Å². The molecule has 0 radical (unpaired) electrons. The summed E-state index contributed by atoms with van der Waals surface area (Å²) in [6.45, 7) is 2.91. The molecule has 2 aromatic rings. The molecule has 5 heteroatoms. The maximum absolute atomic E-state index is 5.26. The minimum atomic E-state index is 0.631. The maximum Gasteiger partial charge on any atom is 0.171 e. The summed E-state index contributed by atoms with van der Waals surface area (Å²) in [5.41, 5.74) is 2.54. The lowest BCUT2D eigenvalue weighted by molar-refractivity contribution is 0.854. The molecule has 0 saturated carbocycles. The van der Waals surface area contributed by atoms with Gasteiger partial charge in [-0.2, -0.15) is 11.8 Å². The minimum absolute atomic E-state index is 0.631. The largest absolute Gasteiger partial charge is 0.362 e. The van der Waals surface area contributed by atoms with Gasteiger partial charge in [-0.05, 0) is 54.6 Å². The van der Waals surface area contributed by atoms with Crippen molar-refractivity contribution in [1.29, 1.82) is 0 Å². The normalized spacial score (nSPS) is 10.2. The Kier molecular flexibility index (Phi) is 7.19. The minimum Gasteiger partial charge on any atom is -0.362 e. The number of aromatic nitrogens is 1. The topological polar surface area (TPSA) is 37.0 Å².